The van der Waals surface area contributed by atoms with Gasteiger partial charge in [-0.3, -0.25) is 0 Å². The van der Waals surface area contributed by atoms with E-state index in [4.69, 9.17) is 15.2 Å². The maximum Gasteiger partial charge on any atom is 0.340 e. The lowest BCUT2D eigenvalue weighted by Crippen LogP contribution is -2.37. The van der Waals surface area contributed by atoms with E-state index >= 15 is 0 Å². The first-order chi connectivity index (χ1) is 10.1. The Morgan fingerprint density at radius 1 is 1.29 bits per heavy atom. The molecule has 1 rings (SSSR count). The number of rotatable bonds is 8. The molecule has 0 heterocycles. The highest BCUT2D eigenvalue weighted by Gasteiger charge is 2.18. The number of carbonyl (C=O) groups is 1. The van der Waals surface area contributed by atoms with Gasteiger partial charge in [0.25, 0.3) is 0 Å². The number of hydrogen-bond donors (Lipinski definition) is 1. The van der Waals surface area contributed by atoms with Crippen LogP contribution in [-0.4, -0.2) is 39.4 Å². The molecule has 5 nitrogen and oxygen atoms in total. The standard InChI is InChI=1S/C16H26N2O3/c1-5-12(6-2)18(9-10-20-3)13-7-8-15(17)14(11-13)16(19)21-4/h7-8,11-12H,5-6,9-10,17H2,1-4H3. The van der Waals surface area contributed by atoms with Crippen LogP contribution in [0.2, 0.25) is 0 Å². The van der Waals surface area contributed by atoms with Crippen molar-refractivity contribution in [3.8, 4) is 0 Å². The molecule has 0 bridgehead atoms. The molecule has 0 amide bonds. The van der Waals surface area contributed by atoms with E-state index in [0.717, 1.165) is 25.1 Å². The Morgan fingerprint density at radius 3 is 2.48 bits per heavy atom. The van der Waals surface area contributed by atoms with Crippen LogP contribution < -0.4 is 10.6 Å². The molecule has 0 saturated heterocycles. The van der Waals surface area contributed by atoms with Gasteiger partial charge in [0.15, 0.2) is 0 Å². The van der Waals surface area contributed by atoms with Crippen molar-refractivity contribution in [2.75, 3.05) is 38.0 Å². The van der Waals surface area contributed by atoms with Gasteiger partial charge in [0.05, 0.1) is 19.3 Å². The summed E-state index contributed by atoms with van der Waals surface area (Å²) in [6.45, 7) is 5.72. The van der Waals surface area contributed by atoms with E-state index in [1.807, 2.05) is 6.07 Å². The summed E-state index contributed by atoms with van der Waals surface area (Å²) < 4.78 is 9.98. The highest BCUT2D eigenvalue weighted by atomic mass is 16.5. The van der Waals surface area contributed by atoms with E-state index in [9.17, 15) is 4.79 Å². The van der Waals surface area contributed by atoms with Crippen LogP contribution >= 0.6 is 0 Å². The molecule has 1 aromatic rings. The van der Waals surface area contributed by atoms with E-state index in [-0.39, 0.29) is 0 Å². The molecule has 0 radical (unpaired) electrons. The molecule has 0 aromatic heterocycles. The molecule has 0 aliphatic rings. The fourth-order valence-electron chi connectivity index (χ4n) is 2.45. The second-order valence-electron chi connectivity index (χ2n) is 4.92. The number of ether oxygens (including phenoxy) is 2. The van der Waals surface area contributed by atoms with E-state index in [2.05, 4.69) is 18.7 Å². The summed E-state index contributed by atoms with van der Waals surface area (Å²) in [6, 6.07) is 5.89. The van der Waals surface area contributed by atoms with Crippen LogP contribution in [0, 0.1) is 0 Å². The molecule has 0 spiro atoms. The van der Waals surface area contributed by atoms with E-state index in [1.165, 1.54) is 7.11 Å². The van der Waals surface area contributed by atoms with Gasteiger partial charge in [0, 0.05) is 31.1 Å². The van der Waals surface area contributed by atoms with Crippen molar-refractivity contribution in [1.82, 2.24) is 0 Å². The number of benzene rings is 1. The first-order valence-electron chi connectivity index (χ1n) is 7.32. The highest BCUT2D eigenvalue weighted by Crippen LogP contribution is 2.25. The normalized spacial score (nSPS) is 10.7. The molecule has 0 atom stereocenters. The smallest absolute Gasteiger partial charge is 0.340 e. The minimum absolute atomic E-state index is 0.397. The fourth-order valence-corrected chi connectivity index (χ4v) is 2.45. The number of nitrogens with zero attached hydrogens (tertiary/aromatic N) is 1. The SMILES string of the molecule is CCC(CC)N(CCOC)c1ccc(N)c(C(=O)OC)c1. The lowest BCUT2D eigenvalue weighted by Gasteiger charge is -2.33. The van der Waals surface area contributed by atoms with Crippen LogP contribution in [0.15, 0.2) is 18.2 Å². The third-order valence-corrected chi connectivity index (χ3v) is 3.69. The first-order valence-corrected chi connectivity index (χ1v) is 7.32. The van der Waals surface area contributed by atoms with Crippen LogP contribution in [0.5, 0.6) is 0 Å². The number of esters is 1. The van der Waals surface area contributed by atoms with Crippen LogP contribution in [0.3, 0.4) is 0 Å². The number of nitrogens with two attached hydrogens (primary N) is 1. The van der Waals surface area contributed by atoms with Crippen molar-refractivity contribution in [2.45, 2.75) is 32.7 Å². The summed E-state index contributed by atoms with van der Waals surface area (Å²) in [5.41, 5.74) is 7.67. The van der Waals surface area contributed by atoms with E-state index < -0.39 is 5.97 Å². The summed E-state index contributed by atoms with van der Waals surface area (Å²) in [6.07, 6.45) is 2.05. The summed E-state index contributed by atoms with van der Waals surface area (Å²) in [4.78, 5) is 14.0. The summed E-state index contributed by atoms with van der Waals surface area (Å²) in [7, 11) is 3.05. The summed E-state index contributed by atoms with van der Waals surface area (Å²) >= 11 is 0. The Bertz CT molecular complexity index is 459. The van der Waals surface area contributed by atoms with Crippen molar-refractivity contribution >= 4 is 17.3 Å². The molecule has 0 unspecified atom stereocenters. The summed E-state index contributed by atoms with van der Waals surface area (Å²) in [5.74, 6) is -0.411. The quantitative estimate of drug-likeness (QED) is 0.590. The maximum atomic E-state index is 11.8. The molecule has 0 fully saturated rings. The van der Waals surface area contributed by atoms with E-state index in [1.54, 1.807) is 19.2 Å². The largest absolute Gasteiger partial charge is 0.465 e. The molecular formula is C16H26N2O3. The Labute approximate surface area is 127 Å². The molecule has 118 valence electrons. The Kier molecular flexibility index (Phi) is 7.02. The second kappa shape index (κ2) is 8.52. The predicted molar refractivity (Wildman–Crippen MR) is 85.8 cm³/mol. The van der Waals surface area contributed by atoms with Crippen LogP contribution in [0.25, 0.3) is 0 Å². The number of anilines is 2. The molecular weight excluding hydrogens is 268 g/mol. The number of nitrogen functional groups attached to an aromatic ring is 1. The minimum Gasteiger partial charge on any atom is -0.465 e. The monoisotopic (exact) mass is 294 g/mol. The van der Waals surface area contributed by atoms with Gasteiger partial charge in [-0.05, 0) is 31.0 Å². The van der Waals surface area contributed by atoms with Crippen LogP contribution in [0.4, 0.5) is 11.4 Å². The molecule has 21 heavy (non-hydrogen) atoms. The van der Waals surface area contributed by atoms with Gasteiger partial charge in [-0.15, -0.1) is 0 Å². The molecule has 5 heteroatoms. The number of methoxy groups -OCH3 is 2. The minimum atomic E-state index is -0.411. The van der Waals surface area contributed by atoms with Gasteiger partial charge < -0.3 is 20.1 Å². The summed E-state index contributed by atoms with van der Waals surface area (Å²) in [5, 5.41) is 0. The third-order valence-electron chi connectivity index (χ3n) is 3.69. The van der Waals surface area contributed by atoms with E-state index in [0.29, 0.717) is 23.9 Å². The highest BCUT2D eigenvalue weighted by molar-refractivity contribution is 5.96. The predicted octanol–water partition coefficient (Wildman–Crippen LogP) is 2.70. The van der Waals surface area contributed by atoms with Gasteiger partial charge in [-0.2, -0.15) is 0 Å². The van der Waals surface area contributed by atoms with Gasteiger partial charge >= 0.3 is 5.97 Å². The Morgan fingerprint density at radius 2 is 1.95 bits per heavy atom. The fraction of sp³-hybridized carbons (Fsp3) is 0.562. The van der Waals surface area contributed by atoms with Crippen molar-refractivity contribution in [3.05, 3.63) is 23.8 Å². The van der Waals surface area contributed by atoms with Crippen LogP contribution in [-0.2, 0) is 9.47 Å². The zero-order valence-electron chi connectivity index (χ0n) is 13.4. The Balaban J connectivity index is 3.14. The molecule has 2 N–H and O–H groups in total. The zero-order chi connectivity index (χ0) is 15.8. The molecule has 1 aromatic carbocycles. The van der Waals surface area contributed by atoms with Crippen LogP contribution in [0.1, 0.15) is 37.0 Å². The number of hydrogen-bond acceptors (Lipinski definition) is 5. The van der Waals surface area contributed by atoms with Crippen molar-refractivity contribution in [2.24, 2.45) is 0 Å². The molecule has 0 saturated carbocycles. The lowest BCUT2D eigenvalue weighted by molar-refractivity contribution is 0.0602. The van der Waals surface area contributed by atoms with Crippen molar-refractivity contribution < 1.29 is 14.3 Å². The Hall–Kier alpha value is -1.75. The second-order valence-corrected chi connectivity index (χ2v) is 4.92. The topological polar surface area (TPSA) is 64.8 Å². The average molecular weight is 294 g/mol. The van der Waals surface area contributed by atoms with Gasteiger partial charge in [-0.25, -0.2) is 4.79 Å². The molecule has 0 aliphatic heterocycles. The number of carbonyl (C=O) groups excluding carboxylic acids is 1. The van der Waals surface area contributed by atoms with Crippen molar-refractivity contribution in [3.63, 3.8) is 0 Å². The molecule has 0 aliphatic carbocycles. The average Bonchev–Trinajstić information content (AvgIpc) is 2.51. The first kappa shape index (κ1) is 17.3. The van der Waals surface area contributed by atoms with Gasteiger partial charge in [-0.1, -0.05) is 13.8 Å². The zero-order valence-corrected chi connectivity index (χ0v) is 13.4. The maximum absolute atomic E-state index is 11.8. The van der Waals surface area contributed by atoms with Gasteiger partial charge in [0.2, 0.25) is 0 Å². The van der Waals surface area contributed by atoms with Gasteiger partial charge in [0.1, 0.15) is 0 Å². The van der Waals surface area contributed by atoms with Crippen molar-refractivity contribution in [1.29, 1.82) is 0 Å². The third kappa shape index (κ3) is 4.36. The lowest BCUT2D eigenvalue weighted by atomic mass is 10.1.